The lowest BCUT2D eigenvalue weighted by Gasteiger charge is -2.67. The molecule has 25 heavy (non-hydrogen) atoms. The lowest BCUT2D eigenvalue weighted by atomic mass is 9.40. The number of fused-ring (bicyclic) bond motifs is 3. The fraction of sp³-hybridized carbons (Fsp3) is 0.571. The van der Waals surface area contributed by atoms with Crippen LogP contribution in [0.1, 0.15) is 31.2 Å². The van der Waals surface area contributed by atoms with E-state index < -0.39 is 0 Å². The van der Waals surface area contributed by atoms with Gasteiger partial charge in [0.15, 0.2) is 0 Å². The predicted octanol–water partition coefficient (Wildman–Crippen LogP) is 2.71. The molecule has 6 aliphatic rings. The van der Waals surface area contributed by atoms with Crippen LogP contribution in [0.3, 0.4) is 0 Å². The van der Waals surface area contributed by atoms with E-state index in [1.54, 1.807) is 7.11 Å². The molecule has 4 nitrogen and oxygen atoms in total. The van der Waals surface area contributed by atoms with Crippen LogP contribution >= 0.6 is 0 Å². The number of nitrogens with one attached hydrogen (secondary N) is 1. The van der Waals surface area contributed by atoms with Gasteiger partial charge in [-0.15, -0.1) is 0 Å². The van der Waals surface area contributed by atoms with Crippen molar-refractivity contribution in [1.82, 2.24) is 4.90 Å². The molecule has 4 fully saturated rings. The van der Waals surface area contributed by atoms with Crippen LogP contribution in [0.2, 0.25) is 0 Å². The predicted molar refractivity (Wildman–Crippen MR) is 95.4 cm³/mol. The highest BCUT2D eigenvalue weighted by molar-refractivity contribution is 5.81. The number of rotatable bonds is 1. The van der Waals surface area contributed by atoms with E-state index in [0.717, 1.165) is 32.4 Å². The summed E-state index contributed by atoms with van der Waals surface area (Å²) >= 11 is 0. The van der Waals surface area contributed by atoms with Gasteiger partial charge in [-0.25, -0.2) is 0 Å². The molecule has 130 valence electrons. The molecule has 0 aromatic heterocycles. The van der Waals surface area contributed by atoms with E-state index >= 15 is 0 Å². The Balaban J connectivity index is 1.67. The van der Waals surface area contributed by atoms with E-state index in [1.807, 2.05) is 0 Å². The van der Waals surface area contributed by atoms with E-state index in [9.17, 15) is 4.79 Å². The van der Waals surface area contributed by atoms with Crippen molar-refractivity contribution in [2.24, 2.45) is 11.3 Å². The van der Waals surface area contributed by atoms with Crippen LogP contribution in [0.5, 0.6) is 0 Å². The molecular weight excluding hydrogens is 312 g/mol. The van der Waals surface area contributed by atoms with Crippen LogP contribution in [-0.4, -0.2) is 42.6 Å². The van der Waals surface area contributed by atoms with Crippen molar-refractivity contribution in [2.45, 2.75) is 42.7 Å². The lowest BCUT2D eigenvalue weighted by molar-refractivity contribution is -0.162. The Morgan fingerprint density at radius 1 is 1.28 bits per heavy atom. The van der Waals surface area contributed by atoms with E-state index in [1.165, 1.54) is 17.7 Å². The molecule has 0 radical (unpaired) electrons. The minimum atomic E-state index is -0.184. The largest absolute Gasteiger partial charge is 0.469 e. The van der Waals surface area contributed by atoms with Gasteiger partial charge in [0, 0.05) is 29.1 Å². The summed E-state index contributed by atoms with van der Waals surface area (Å²) in [5.41, 5.74) is 2.65. The Morgan fingerprint density at radius 3 is 3.04 bits per heavy atom. The molecule has 7 rings (SSSR count). The van der Waals surface area contributed by atoms with Crippen LogP contribution in [-0.2, 0) is 14.9 Å². The number of hydrogen-bond donors (Lipinski definition) is 1. The summed E-state index contributed by atoms with van der Waals surface area (Å²) in [6.45, 7) is 2.18. The SMILES string of the molecule is COC(=O)[C@H]1C[C@]23C=CCN4CC[C@]5(c6ccccc6N[C@@]15CC2)[C@H]43. The molecule has 1 saturated heterocycles. The van der Waals surface area contributed by atoms with E-state index in [4.69, 9.17) is 4.74 Å². The fourth-order valence-corrected chi connectivity index (χ4v) is 7.56. The molecule has 1 aromatic carbocycles. The number of nitrogens with zero attached hydrogens (tertiary/aromatic N) is 1. The van der Waals surface area contributed by atoms with Gasteiger partial charge in [-0.2, -0.15) is 0 Å². The van der Waals surface area contributed by atoms with Crippen molar-refractivity contribution in [2.75, 3.05) is 25.5 Å². The third-order valence-corrected chi connectivity index (χ3v) is 8.17. The molecule has 1 aromatic rings. The first-order chi connectivity index (χ1) is 12.2. The molecule has 3 aliphatic heterocycles. The number of carbonyl (C=O) groups is 1. The molecule has 3 heterocycles. The number of para-hydroxylation sites is 1. The molecule has 3 saturated carbocycles. The summed E-state index contributed by atoms with van der Waals surface area (Å²) in [6.07, 6.45) is 9.08. The van der Waals surface area contributed by atoms with Crippen molar-refractivity contribution >= 4 is 11.7 Å². The summed E-state index contributed by atoms with van der Waals surface area (Å²) < 4.78 is 5.31. The second-order valence-corrected chi connectivity index (χ2v) is 8.68. The van der Waals surface area contributed by atoms with E-state index in [0.29, 0.717) is 6.04 Å². The maximum Gasteiger partial charge on any atom is 0.311 e. The first-order valence-corrected chi connectivity index (χ1v) is 9.54. The maximum atomic E-state index is 12.9. The second-order valence-electron chi connectivity index (χ2n) is 8.68. The number of anilines is 1. The van der Waals surface area contributed by atoms with Gasteiger partial charge in [-0.1, -0.05) is 30.4 Å². The van der Waals surface area contributed by atoms with E-state index in [-0.39, 0.29) is 28.3 Å². The van der Waals surface area contributed by atoms with Gasteiger partial charge in [-0.05, 0) is 43.9 Å². The molecule has 2 bridgehead atoms. The molecule has 3 aliphatic carbocycles. The second kappa shape index (κ2) is 4.29. The maximum absolute atomic E-state index is 12.9. The zero-order chi connectivity index (χ0) is 16.9. The van der Waals surface area contributed by atoms with Crippen molar-refractivity contribution < 1.29 is 9.53 Å². The lowest BCUT2D eigenvalue weighted by Crippen LogP contribution is -2.76. The molecule has 3 spiro atoms. The van der Waals surface area contributed by atoms with Crippen LogP contribution < -0.4 is 5.32 Å². The Bertz CT molecular complexity index is 820. The summed E-state index contributed by atoms with van der Waals surface area (Å²) in [5.74, 6) is -0.104. The smallest absolute Gasteiger partial charge is 0.311 e. The van der Waals surface area contributed by atoms with E-state index in [2.05, 4.69) is 46.6 Å². The topological polar surface area (TPSA) is 41.6 Å². The average molecular weight is 336 g/mol. The van der Waals surface area contributed by atoms with Crippen molar-refractivity contribution in [3.8, 4) is 0 Å². The molecule has 0 amide bonds. The number of carbonyl (C=O) groups excluding carboxylic acids is 1. The number of ether oxygens (including phenoxy) is 1. The first-order valence-electron chi connectivity index (χ1n) is 9.54. The van der Waals surface area contributed by atoms with Gasteiger partial charge >= 0.3 is 5.97 Å². The van der Waals surface area contributed by atoms with Crippen LogP contribution in [0.25, 0.3) is 0 Å². The Hall–Kier alpha value is -1.81. The fourth-order valence-electron chi connectivity index (χ4n) is 7.56. The zero-order valence-corrected chi connectivity index (χ0v) is 14.6. The third kappa shape index (κ3) is 1.34. The Morgan fingerprint density at radius 2 is 2.16 bits per heavy atom. The zero-order valence-electron chi connectivity index (χ0n) is 14.6. The van der Waals surface area contributed by atoms with Gasteiger partial charge in [-0.3, -0.25) is 9.69 Å². The summed E-state index contributed by atoms with van der Waals surface area (Å²) in [4.78, 5) is 15.6. The van der Waals surface area contributed by atoms with Crippen molar-refractivity contribution in [3.63, 3.8) is 0 Å². The van der Waals surface area contributed by atoms with Gasteiger partial charge in [0.05, 0.1) is 18.6 Å². The van der Waals surface area contributed by atoms with Crippen LogP contribution in [0, 0.1) is 11.3 Å². The van der Waals surface area contributed by atoms with Gasteiger partial charge in [0.25, 0.3) is 0 Å². The summed E-state index contributed by atoms with van der Waals surface area (Å²) in [6, 6.07) is 9.29. The molecule has 4 heteroatoms. The highest BCUT2D eigenvalue weighted by Gasteiger charge is 2.78. The normalized spacial score (nSPS) is 45.5. The minimum absolute atomic E-state index is 0.0315. The quantitative estimate of drug-likeness (QED) is 0.632. The highest BCUT2D eigenvalue weighted by Crippen LogP contribution is 2.73. The number of methoxy groups -OCH3 is 1. The third-order valence-electron chi connectivity index (χ3n) is 8.17. The van der Waals surface area contributed by atoms with Crippen molar-refractivity contribution in [1.29, 1.82) is 0 Å². The molecule has 0 unspecified atom stereocenters. The van der Waals surface area contributed by atoms with Crippen molar-refractivity contribution in [3.05, 3.63) is 42.0 Å². The molecule has 1 N–H and O–H groups in total. The van der Waals surface area contributed by atoms with Gasteiger partial charge < -0.3 is 10.1 Å². The minimum Gasteiger partial charge on any atom is -0.469 e. The number of esters is 1. The highest BCUT2D eigenvalue weighted by atomic mass is 16.5. The average Bonchev–Trinajstić information content (AvgIpc) is 3.19. The van der Waals surface area contributed by atoms with Crippen LogP contribution in [0.4, 0.5) is 5.69 Å². The number of hydrogen-bond acceptors (Lipinski definition) is 4. The van der Waals surface area contributed by atoms with Gasteiger partial charge in [0.2, 0.25) is 0 Å². The number of benzene rings is 1. The summed E-state index contributed by atoms with van der Waals surface area (Å²) in [7, 11) is 1.54. The molecule has 5 atom stereocenters. The monoisotopic (exact) mass is 336 g/mol. The standard InChI is InChI=1S/C21H24N2O2/c1-25-17(24)15-13-19-7-4-11-23-12-10-20(18(19)23)14-5-2-3-6-16(14)22-21(15,20)9-8-19/h2-7,15,18,22H,8-13H2,1H3/t15-,18-,19+,20+,21+/m1/s1. The Labute approximate surface area is 148 Å². The van der Waals surface area contributed by atoms with Gasteiger partial charge in [0.1, 0.15) is 0 Å². The Kier molecular flexibility index (Phi) is 2.47. The first kappa shape index (κ1) is 14.4. The summed E-state index contributed by atoms with van der Waals surface area (Å²) in [5, 5.41) is 3.90. The van der Waals surface area contributed by atoms with Crippen LogP contribution in [0.15, 0.2) is 36.4 Å². The molecular formula is C21H24N2O2.